The van der Waals surface area contributed by atoms with Crippen LogP contribution in [0, 0.1) is 17.0 Å². The lowest BCUT2D eigenvalue weighted by Crippen LogP contribution is -1.96. The van der Waals surface area contributed by atoms with Crippen molar-refractivity contribution >= 4 is 5.69 Å². The largest absolute Gasteiger partial charge is 0.438 e. The number of aromatic nitrogens is 1. The van der Waals surface area contributed by atoms with E-state index in [2.05, 4.69) is 4.98 Å². The van der Waals surface area contributed by atoms with Crippen LogP contribution in [0.25, 0.3) is 0 Å². The molecule has 0 aliphatic rings. The molecule has 0 saturated carbocycles. The topological polar surface area (TPSA) is 85.5 Å². The van der Waals surface area contributed by atoms with E-state index in [0.29, 0.717) is 11.3 Å². The molecule has 0 radical (unpaired) electrons. The minimum absolute atomic E-state index is 0.0442. The van der Waals surface area contributed by atoms with Crippen LogP contribution in [0.3, 0.4) is 0 Å². The second-order valence-corrected chi connectivity index (χ2v) is 4.41. The van der Waals surface area contributed by atoms with Gasteiger partial charge >= 0.3 is 0 Å². The number of non-ortho nitro benzene ring substituents is 1. The Morgan fingerprint density at radius 1 is 1.35 bits per heavy atom. The molecule has 0 spiro atoms. The zero-order valence-corrected chi connectivity index (χ0v) is 11.1. The molecule has 0 fully saturated rings. The van der Waals surface area contributed by atoms with Gasteiger partial charge in [-0.1, -0.05) is 0 Å². The summed E-state index contributed by atoms with van der Waals surface area (Å²) in [5.41, 5.74) is 1.38. The zero-order valence-electron chi connectivity index (χ0n) is 11.1. The lowest BCUT2D eigenvalue weighted by Gasteiger charge is -2.10. The summed E-state index contributed by atoms with van der Waals surface area (Å²) in [7, 11) is 0. The van der Waals surface area contributed by atoms with Crippen LogP contribution < -0.4 is 4.74 Å². The lowest BCUT2D eigenvalue weighted by molar-refractivity contribution is -0.384. The van der Waals surface area contributed by atoms with Crippen molar-refractivity contribution in [3.05, 3.63) is 57.8 Å². The molecule has 2 aromatic rings. The fraction of sp³-hybridized carbons (Fsp3) is 0.214. The second kappa shape index (κ2) is 5.66. The minimum Gasteiger partial charge on any atom is -0.438 e. The van der Waals surface area contributed by atoms with Crippen LogP contribution in [0.2, 0.25) is 0 Å². The monoisotopic (exact) mass is 274 g/mol. The summed E-state index contributed by atoms with van der Waals surface area (Å²) >= 11 is 0. The number of nitro groups is 1. The van der Waals surface area contributed by atoms with E-state index in [1.807, 2.05) is 0 Å². The van der Waals surface area contributed by atoms with E-state index < -0.39 is 11.0 Å². The molecule has 0 aliphatic heterocycles. The highest BCUT2D eigenvalue weighted by atomic mass is 16.6. The molecule has 104 valence electrons. The number of aryl methyl sites for hydroxylation is 1. The van der Waals surface area contributed by atoms with Crippen molar-refractivity contribution in [2.24, 2.45) is 0 Å². The normalized spacial score (nSPS) is 11.9. The van der Waals surface area contributed by atoms with Gasteiger partial charge in [0.15, 0.2) is 0 Å². The summed E-state index contributed by atoms with van der Waals surface area (Å²) in [5, 5.41) is 20.3. The van der Waals surface area contributed by atoms with E-state index in [1.54, 1.807) is 32.0 Å². The first-order valence-electron chi connectivity index (χ1n) is 6.04. The SMILES string of the molecule is Cc1ccc([N+](=O)[O-])cc1Oc1cc([C@H](C)O)ccn1. The third kappa shape index (κ3) is 3.10. The molecule has 1 heterocycles. The van der Waals surface area contributed by atoms with Crippen molar-refractivity contribution in [2.45, 2.75) is 20.0 Å². The molecule has 1 aromatic heterocycles. The summed E-state index contributed by atoms with van der Waals surface area (Å²) in [6.45, 7) is 3.43. The standard InChI is InChI=1S/C14H14N2O4/c1-9-3-4-12(16(18)19)8-13(9)20-14-7-11(10(2)17)5-6-15-14/h3-8,10,17H,1-2H3/t10-/m0/s1. The van der Waals surface area contributed by atoms with Gasteiger partial charge in [0, 0.05) is 18.3 Å². The highest BCUT2D eigenvalue weighted by Gasteiger charge is 2.11. The number of benzene rings is 1. The number of aliphatic hydroxyl groups is 1. The molecule has 6 heteroatoms. The average Bonchev–Trinajstić information content (AvgIpc) is 2.41. The van der Waals surface area contributed by atoms with Crippen LogP contribution in [0.1, 0.15) is 24.2 Å². The number of hydrogen-bond donors (Lipinski definition) is 1. The van der Waals surface area contributed by atoms with Gasteiger partial charge in [-0.3, -0.25) is 10.1 Å². The molecule has 2 rings (SSSR count). The number of aliphatic hydroxyl groups excluding tert-OH is 1. The van der Waals surface area contributed by atoms with Gasteiger partial charge in [-0.2, -0.15) is 0 Å². The van der Waals surface area contributed by atoms with Crippen LogP contribution in [0.15, 0.2) is 36.5 Å². The van der Waals surface area contributed by atoms with Crippen molar-refractivity contribution in [2.75, 3.05) is 0 Å². The van der Waals surface area contributed by atoms with Crippen molar-refractivity contribution in [3.8, 4) is 11.6 Å². The van der Waals surface area contributed by atoms with E-state index in [1.165, 1.54) is 18.3 Å². The lowest BCUT2D eigenvalue weighted by atomic mass is 10.2. The Kier molecular flexibility index (Phi) is 3.95. The second-order valence-electron chi connectivity index (χ2n) is 4.41. The molecule has 1 N–H and O–H groups in total. The predicted molar refractivity (Wildman–Crippen MR) is 72.8 cm³/mol. The smallest absolute Gasteiger partial charge is 0.273 e. The Hall–Kier alpha value is -2.47. The van der Waals surface area contributed by atoms with Gasteiger partial charge in [0.2, 0.25) is 5.88 Å². The number of hydrogen-bond acceptors (Lipinski definition) is 5. The third-order valence-electron chi connectivity index (χ3n) is 2.84. The zero-order chi connectivity index (χ0) is 14.7. The summed E-state index contributed by atoms with van der Waals surface area (Å²) in [6.07, 6.45) is 0.885. The van der Waals surface area contributed by atoms with E-state index in [0.717, 1.165) is 5.56 Å². The van der Waals surface area contributed by atoms with Gasteiger partial charge in [-0.15, -0.1) is 0 Å². The highest BCUT2D eigenvalue weighted by Crippen LogP contribution is 2.28. The van der Waals surface area contributed by atoms with Gasteiger partial charge in [-0.05, 0) is 37.1 Å². The van der Waals surface area contributed by atoms with Crippen molar-refractivity contribution in [1.82, 2.24) is 4.98 Å². The van der Waals surface area contributed by atoms with Crippen molar-refractivity contribution in [1.29, 1.82) is 0 Å². The maximum Gasteiger partial charge on any atom is 0.273 e. The predicted octanol–water partition coefficient (Wildman–Crippen LogP) is 3.14. The maximum atomic E-state index is 10.8. The average molecular weight is 274 g/mol. The first-order valence-corrected chi connectivity index (χ1v) is 6.04. The van der Waals surface area contributed by atoms with Gasteiger partial charge in [0.05, 0.1) is 17.1 Å². The van der Waals surface area contributed by atoms with Crippen LogP contribution in [-0.2, 0) is 0 Å². The van der Waals surface area contributed by atoms with E-state index >= 15 is 0 Å². The number of rotatable bonds is 4. The van der Waals surface area contributed by atoms with E-state index in [-0.39, 0.29) is 11.6 Å². The van der Waals surface area contributed by atoms with E-state index in [9.17, 15) is 15.2 Å². The number of nitrogens with zero attached hydrogens (tertiary/aromatic N) is 2. The van der Waals surface area contributed by atoms with Crippen molar-refractivity contribution < 1.29 is 14.8 Å². The fourth-order valence-electron chi connectivity index (χ4n) is 1.67. The quantitative estimate of drug-likeness (QED) is 0.683. The van der Waals surface area contributed by atoms with E-state index in [4.69, 9.17) is 4.74 Å². The molecule has 0 amide bonds. The molecule has 0 saturated heterocycles. The maximum absolute atomic E-state index is 10.8. The van der Waals surface area contributed by atoms with Crippen LogP contribution >= 0.6 is 0 Å². The number of ether oxygens (including phenoxy) is 1. The summed E-state index contributed by atoms with van der Waals surface area (Å²) in [6, 6.07) is 7.67. The van der Waals surface area contributed by atoms with Gasteiger partial charge in [0.25, 0.3) is 5.69 Å². The summed E-state index contributed by atoms with van der Waals surface area (Å²) < 4.78 is 5.56. The Bertz CT molecular complexity index is 641. The van der Waals surface area contributed by atoms with Crippen LogP contribution in [0.4, 0.5) is 5.69 Å². The Labute approximate surface area is 115 Å². The van der Waals surface area contributed by atoms with Gasteiger partial charge < -0.3 is 9.84 Å². The molecular formula is C14H14N2O4. The molecule has 20 heavy (non-hydrogen) atoms. The first-order chi connectivity index (χ1) is 9.47. The highest BCUT2D eigenvalue weighted by molar-refractivity contribution is 5.45. The molecule has 0 bridgehead atoms. The van der Waals surface area contributed by atoms with Gasteiger partial charge in [0.1, 0.15) is 5.75 Å². The van der Waals surface area contributed by atoms with Crippen LogP contribution in [0.5, 0.6) is 11.6 Å². The molecule has 0 aliphatic carbocycles. The molecule has 0 unspecified atom stereocenters. The minimum atomic E-state index is -0.633. The summed E-state index contributed by atoms with van der Waals surface area (Å²) in [4.78, 5) is 14.3. The van der Waals surface area contributed by atoms with Crippen molar-refractivity contribution in [3.63, 3.8) is 0 Å². The molecular weight excluding hydrogens is 260 g/mol. The Morgan fingerprint density at radius 2 is 2.10 bits per heavy atom. The molecule has 1 aromatic carbocycles. The van der Waals surface area contributed by atoms with Gasteiger partial charge in [-0.25, -0.2) is 4.98 Å². The Morgan fingerprint density at radius 3 is 2.75 bits per heavy atom. The van der Waals surface area contributed by atoms with Crippen LogP contribution in [-0.4, -0.2) is 15.0 Å². The number of nitro benzene ring substituents is 1. The third-order valence-corrected chi connectivity index (χ3v) is 2.84. The first kappa shape index (κ1) is 14.0. The fourth-order valence-corrected chi connectivity index (χ4v) is 1.67. The molecule has 1 atom stereocenters. The number of pyridine rings is 1. The summed E-state index contributed by atoms with van der Waals surface area (Å²) in [5.74, 6) is 0.654. The molecule has 6 nitrogen and oxygen atoms in total. The Balaban J connectivity index is 2.32.